The predicted molar refractivity (Wildman–Crippen MR) is 74.0 cm³/mol. The molecule has 0 bridgehead atoms. The van der Waals surface area contributed by atoms with Gasteiger partial charge in [-0.1, -0.05) is 11.6 Å². The van der Waals surface area contributed by atoms with Crippen molar-refractivity contribution in [3.05, 3.63) is 21.3 Å². The number of hydrogen-bond acceptors (Lipinski definition) is 3. The lowest BCUT2D eigenvalue weighted by Crippen LogP contribution is -2.51. The van der Waals surface area contributed by atoms with Gasteiger partial charge in [-0.3, -0.25) is 0 Å². The van der Waals surface area contributed by atoms with Crippen molar-refractivity contribution in [2.24, 2.45) is 5.92 Å². The minimum Gasteiger partial charge on any atom is -0.311 e. The molecule has 0 aromatic carbocycles. The van der Waals surface area contributed by atoms with Crippen LogP contribution in [0.5, 0.6) is 0 Å². The highest BCUT2D eigenvalue weighted by Gasteiger charge is 2.33. The molecule has 1 atom stereocenters. The Morgan fingerprint density at radius 3 is 3.00 bits per heavy atom. The average molecular weight is 271 g/mol. The zero-order chi connectivity index (χ0) is 11.7. The molecule has 1 aliphatic carbocycles. The molecular formula is C13H19ClN2S. The van der Waals surface area contributed by atoms with Gasteiger partial charge in [-0.25, -0.2) is 0 Å². The van der Waals surface area contributed by atoms with E-state index in [0.717, 1.165) is 29.3 Å². The van der Waals surface area contributed by atoms with Crippen LogP contribution >= 0.6 is 22.9 Å². The van der Waals surface area contributed by atoms with Gasteiger partial charge >= 0.3 is 0 Å². The minimum atomic E-state index is 0.760. The van der Waals surface area contributed by atoms with E-state index in [-0.39, 0.29) is 0 Å². The van der Waals surface area contributed by atoms with Crippen molar-refractivity contribution in [2.75, 3.05) is 26.2 Å². The van der Waals surface area contributed by atoms with Crippen LogP contribution in [0.25, 0.3) is 0 Å². The maximum absolute atomic E-state index is 5.95. The smallest absolute Gasteiger partial charge is 0.0931 e. The van der Waals surface area contributed by atoms with Crippen LogP contribution in [-0.4, -0.2) is 37.1 Å². The third kappa shape index (κ3) is 3.22. The van der Waals surface area contributed by atoms with E-state index in [4.69, 9.17) is 11.6 Å². The molecular weight excluding hydrogens is 252 g/mol. The number of rotatable bonds is 4. The molecule has 0 spiro atoms. The number of piperazine rings is 1. The van der Waals surface area contributed by atoms with Crippen LogP contribution in [0, 0.1) is 5.92 Å². The summed E-state index contributed by atoms with van der Waals surface area (Å²) < 4.78 is 0.913. The Labute approximate surface area is 112 Å². The van der Waals surface area contributed by atoms with Crippen LogP contribution in [0.15, 0.2) is 12.1 Å². The largest absolute Gasteiger partial charge is 0.311 e. The summed E-state index contributed by atoms with van der Waals surface area (Å²) in [6.45, 7) is 4.78. The summed E-state index contributed by atoms with van der Waals surface area (Å²) in [6.07, 6.45) is 4.02. The number of halogens is 1. The van der Waals surface area contributed by atoms with Gasteiger partial charge in [0, 0.05) is 37.1 Å². The summed E-state index contributed by atoms with van der Waals surface area (Å²) in [4.78, 5) is 4.02. The van der Waals surface area contributed by atoms with E-state index in [1.54, 1.807) is 11.3 Å². The van der Waals surface area contributed by atoms with Gasteiger partial charge in [0.1, 0.15) is 0 Å². The molecule has 1 aromatic rings. The normalized spacial score (nSPS) is 26.3. The summed E-state index contributed by atoms with van der Waals surface area (Å²) in [6, 6.07) is 4.93. The molecule has 2 heterocycles. The van der Waals surface area contributed by atoms with E-state index in [1.165, 1.54) is 37.4 Å². The SMILES string of the molecule is Clc1ccc(CCN2CCNC(C3CC3)C2)s1. The van der Waals surface area contributed by atoms with Gasteiger partial charge in [0.15, 0.2) is 0 Å². The van der Waals surface area contributed by atoms with Crippen molar-refractivity contribution in [3.63, 3.8) is 0 Å². The van der Waals surface area contributed by atoms with Crippen LogP contribution in [0.1, 0.15) is 17.7 Å². The standard InChI is InChI=1S/C13H19ClN2S/c14-13-4-3-11(17-13)5-7-16-8-6-15-12(9-16)10-1-2-10/h3-4,10,12,15H,1-2,5-9H2. The van der Waals surface area contributed by atoms with E-state index < -0.39 is 0 Å². The zero-order valence-electron chi connectivity index (χ0n) is 9.99. The van der Waals surface area contributed by atoms with E-state index >= 15 is 0 Å². The first-order valence-electron chi connectivity index (χ1n) is 6.51. The Bertz CT molecular complexity index is 375. The number of hydrogen-bond donors (Lipinski definition) is 1. The Morgan fingerprint density at radius 1 is 1.41 bits per heavy atom. The highest BCUT2D eigenvalue weighted by atomic mass is 35.5. The first kappa shape index (κ1) is 12.0. The van der Waals surface area contributed by atoms with Gasteiger partial charge < -0.3 is 10.2 Å². The van der Waals surface area contributed by atoms with Gasteiger partial charge in [-0.15, -0.1) is 11.3 Å². The van der Waals surface area contributed by atoms with Crippen molar-refractivity contribution in [2.45, 2.75) is 25.3 Å². The molecule has 0 radical (unpaired) electrons. The Balaban J connectivity index is 1.47. The van der Waals surface area contributed by atoms with E-state index in [1.807, 2.05) is 6.07 Å². The first-order valence-corrected chi connectivity index (χ1v) is 7.70. The van der Waals surface area contributed by atoms with Gasteiger partial charge in [0.2, 0.25) is 0 Å². The molecule has 1 saturated heterocycles. The fraction of sp³-hybridized carbons (Fsp3) is 0.692. The molecule has 1 unspecified atom stereocenters. The van der Waals surface area contributed by atoms with Gasteiger partial charge in [0.05, 0.1) is 4.34 Å². The molecule has 1 aliphatic heterocycles. The predicted octanol–water partition coefficient (Wildman–Crippen LogP) is 2.63. The molecule has 17 heavy (non-hydrogen) atoms. The molecule has 0 amide bonds. The summed E-state index contributed by atoms with van der Waals surface area (Å²) in [5, 5.41) is 3.65. The summed E-state index contributed by atoms with van der Waals surface area (Å²) in [5.41, 5.74) is 0. The molecule has 2 fully saturated rings. The van der Waals surface area contributed by atoms with Crippen LogP contribution in [0.3, 0.4) is 0 Å². The molecule has 2 aliphatic rings. The first-order chi connectivity index (χ1) is 8.31. The highest BCUT2D eigenvalue weighted by Crippen LogP contribution is 2.33. The second kappa shape index (κ2) is 5.27. The molecule has 1 N–H and O–H groups in total. The van der Waals surface area contributed by atoms with Crippen LogP contribution in [-0.2, 0) is 6.42 Å². The van der Waals surface area contributed by atoms with Crippen molar-refractivity contribution in [1.29, 1.82) is 0 Å². The molecule has 3 rings (SSSR count). The number of nitrogens with zero attached hydrogens (tertiary/aromatic N) is 1. The monoisotopic (exact) mass is 270 g/mol. The van der Waals surface area contributed by atoms with Crippen molar-refractivity contribution < 1.29 is 0 Å². The lowest BCUT2D eigenvalue weighted by molar-refractivity contribution is 0.191. The number of thiophene rings is 1. The van der Waals surface area contributed by atoms with E-state index in [2.05, 4.69) is 16.3 Å². The summed E-state index contributed by atoms with van der Waals surface area (Å²) >= 11 is 7.67. The van der Waals surface area contributed by atoms with Crippen LogP contribution in [0.2, 0.25) is 4.34 Å². The van der Waals surface area contributed by atoms with Crippen LogP contribution in [0.4, 0.5) is 0 Å². The second-order valence-corrected chi connectivity index (χ2v) is 6.95. The Morgan fingerprint density at radius 2 is 2.29 bits per heavy atom. The van der Waals surface area contributed by atoms with Crippen LogP contribution < -0.4 is 5.32 Å². The molecule has 4 heteroatoms. The third-order valence-corrected chi connectivity index (χ3v) is 5.07. The van der Waals surface area contributed by atoms with E-state index in [0.29, 0.717) is 0 Å². The maximum atomic E-state index is 5.95. The highest BCUT2D eigenvalue weighted by molar-refractivity contribution is 7.16. The van der Waals surface area contributed by atoms with Gasteiger partial charge in [0.25, 0.3) is 0 Å². The third-order valence-electron chi connectivity index (χ3n) is 3.78. The van der Waals surface area contributed by atoms with Crippen molar-refractivity contribution in [3.8, 4) is 0 Å². The lowest BCUT2D eigenvalue weighted by atomic mass is 10.1. The minimum absolute atomic E-state index is 0.760. The second-order valence-electron chi connectivity index (χ2n) is 5.15. The van der Waals surface area contributed by atoms with Crippen molar-refractivity contribution >= 4 is 22.9 Å². The molecule has 1 saturated carbocycles. The maximum Gasteiger partial charge on any atom is 0.0931 e. The fourth-order valence-corrected chi connectivity index (χ4v) is 3.69. The number of nitrogens with one attached hydrogen (secondary N) is 1. The Hall–Kier alpha value is -0.0900. The molecule has 1 aromatic heterocycles. The molecule has 2 nitrogen and oxygen atoms in total. The van der Waals surface area contributed by atoms with Gasteiger partial charge in [-0.05, 0) is 37.3 Å². The van der Waals surface area contributed by atoms with Gasteiger partial charge in [-0.2, -0.15) is 0 Å². The van der Waals surface area contributed by atoms with Crippen molar-refractivity contribution in [1.82, 2.24) is 10.2 Å². The van der Waals surface area contributed by atoms with E-state index in [9.17, 15) is 0 Å². The average Bonchev–Trinajstić information content (AvgIpc) is 3.11. The topological polar surface area (TPSA) is 15.3 Å². The Kier molecular flexibility index (Phi) is 3.71. The quantitative estimate of drug-likeness (QED) is 0.905. The molecule has 94 valence electrons. The fourth-order valence-electron chi connectivity index (χ4n) is 2.61. The lowest BCUT2D eigenvalue weighted by Gasteiger charge is -2.33. The zero-order valence-corrected chi connectivity index (χ0v) is 11.6. The summed E-state index contributed by atoms with van der Waals surface area (Å²) in [7, 11) is 0. The summed E-state index contributed by atoms with van der Waals surface area (Å²) in [5.74, 6) is 0.967.